The zero-order valence-electron chi connectivity index (χ0n) is 11.0. The minimum atomic E-state index is 0.110. The van der Waals surface area contributed by atoms with Crippen molar-refractivity contribution in [2.24, 2.45) is 0 Å². The molecule has 0 aliphatic heterocycles. The molecule has 0 radical (unpaired) electrons. The summed E-state index contributed by atoms with van der Waals surface area (Å²) in [5.41, 5.74) is 0.941. The molecule has 1 aromatic carbocycles. The van der Waals surface area contributed by atoms with Crippen molar-refractivity contribution in [2.75, 3.05) is 18.1 Å². The highest BCUT2D eigenvalue weighted by Gasteiger charge is 2.30. The van der Waals surface area contributed by atoms with E-state index >= 15 is 0 Å². The number of hydrogen-bond acceptors (Lipinski definition) is 4. The first-order valence-electron chi connectivity index (χ1n) is 6.75. The number of rotatable bonds is 5. The summed E-state index contributed by atoms with van der Waals surface area (Å²) >= 11 is 6.13. The predicted molar refractivity (Wildman–Crippen MR) is 79.9 cm³/mol. The Morgan fingerprint density at radius 3 is 2.60 bits per heavy atom. The summed E-state index contributed by atoms with van der Waals surface area (Å²) in [6, 6.07) is 12.0. The molecule has 1 aromatic heterocycles. The van der Waals surface area contributed by atoms with Crippen LogP contribution in [0.5, 0.6) is 0 Å². The van der Waals surface area contributed by atoms with E-state index in [1.165, 1.54) is 0 Å². The molecule has 0 bridgehead atoms. The number of anilines is 1. The first kappa shape index (κ1) is 13.3. The second-order valence-corrected chi connectivity index (χ2v) is 5.27. The van der Waals surface area contributed by atoms with E-state index in [2.05, 4.69) is 14.9 Å². The zero-order valence-corrected chi connectivity index (χ0v) is 11.8. The van der Waals surface area contributed by atoms with Crippen molar-refractivity contribution >= 4 is 17.4 Å². The summed E-state index contributed by atoms with van der Waals surface area (Å²) in [6.07, 6.45) is 2.28. The highest BCUT2D eigenvalue weighted by molar-refractivity contribution is 6.29. The van der Waals surface area contributed by atoms with E-state index in [-0.39, 0.29) is 6.61 Å². The summed E-state index contributed by atoms with van der Waals surface area (Å²) in [7, 11) is 0. The van der Waals surface area contributed by atoms with E-state index in [9.17, 15) is 5.11 Å². The number of hydrogen-bond donors (Lipinski definition) is 1. The third kappa shape index (κ3) is 2.92. The van der Waals surface area contributed by atoms with Crippen LogP contribution in [0.2, 0.25) is 5.15 Å². The lowest BCUT2D eigenvalue weighted by Crippen LogP contribution is -2.29. The lowest BCUT2D eigenvalue weighted by Gasteiger charge is -2.22. The Labute approximate surface area is 123 Å². The Kier molecular flexibility index (Phi) is 3.85. The van der Waals surface area contributed by atoms with Crippen molar-refractivity contribution in [3.8, 4) is 11.4 Å². The molecule has 0 amide bonds. The first-order valence-corrected chi connectivity index (χ1v) is 7.13. The van der Waals surface area contributed by atoms with Gasteiger partial charge in [0, 0.05) is 24.2 Å². The van der Waals surface area contributed by atoms with Gasteiger partial charge in [-0.05, 0) is 12.8 Å². The highest BCUT2D eigenvalue weighted by Crippen LogP contribution is 2.32. The van der Waals surface area contributed by atoms with Crippen LogP contribution in [0.25, 0.3) is 11.4 Å². The Balaban J connectivity index is 1.97. The third-order valence-electron chi connectivity index (χ3n) is 3.34. The molecular formula is C15H16ClN3O. The smallest absolute Gasteiger partial charge is 0.163 e. The number of aliphatic hydroxyl groups is 1. The van der Waals surface area contributed by atoms with Gasteiger partial charge in [-0.15, -0.1) is 0 Å². The molecule has 104 valence electrons. The van der Waals surface area contributed by atoms with Gasteiger partial charge in [-0.3, -0.25) is 0 Å². The Hall–Kier alpha value is -1.65. The van der Waals surface area contributed by atoms with Gasteiger partial charge in [-0.25, -0.2) is 9.97 Å². The molecule has 1 heterocycles. The zero-order chi connectivity index (χ0) is 13.9. The van der Waals surface area contributed by atoms with Gasteiger partial charge in [0.1, 0.15) is 11.0 Å². The van der Waals surface area contributed by atoms with E-state index in [1.54, 1.807) is 6.07 Å². The van der Waals surface area contributed by atoms with Crippen LogP contribution in [0.4, 0.5) is 5.82 Å². The molecule has 0 saturated heterocycles. The van der Waals surface area contributed by atoms with E-state index in [0.29, 0.717) is 23.6 Å². The quantitative estimate of drug-likeness (QED) is 0.860. The van der Waals surface area contributed by atoms with Crippen LogP contribution in [0.3, 0.4) is 0 Å². The largest absolute Gasteiger partial charge is 0.395 e. The van der Waals surface area contributed by atoms with Crippen molar-refractivity contribution in [3.63, 3.8) is 0 Å². The van der Waals surface area contributed by atoms with Gasteiger partial charge in [0.15, 0.2) is 5.82 Å². The molecule has 5 heteroatoms. The van der Waals surface area contributed by atoms with E-state index < -0.39 is 0 Å². The molecule has 1 saturated carbocycles. The molecule has 1 aliphatic carbocycles. The number of aliphatic hydroxyl groups excluding tert-OH is 1. The van der Waals surface area contributed by atoms with Gasteiger partial charge < -0.3 is 10.0 Å². The number of aromatic nitrogens is 2. The maximum atomic E-state index is 9.21. The molecule has 4 nitrogen and oxygen atoms in total. The molecule has 0 spiro atoms. The van der Waals surface area contributed by atoms with E-state index in [4.69, 9.17) is 11.6 Å². The molecule has 2 aromatic rings. The van der Waals surface area contributed by atoms with E-state index in [1.807, 2.05) is 30.3 Å². The first-order chi connectivity index (χ1) is 9.78. The minimum absolute atomic E-state index is 0.110. The molecular weight excluding hydrogens is 274 g/mol. The standard InChI is InChI=1S/C15H16ClN3O/c16-13-10-14(19(8-9-20)12-6-7-12)18-15(17-13)11-4-2-1-3-5-11/h1-5,10,12,20H,6-9H2. The van der Waals surface area contributed by atoms with Gasteiger partial charge in [0.2, 0.25) is 0 Å². The fraction of sp³-hybridized carbons (Fsp3) is 0.333. The van der Waals surface area contributed by atoms with Crippen LogP contribution >= 0.6 is 11.6 Å². The fourth-order valence-corrected chi connectivity index (χ4v) is 2.42. The maximum absolute atomic E-state index is 9.21. The third-order valence-corrected chi connectivity index (χ3v) is 3.53. The minimum Gasteiger partial charge on any atom is -0.395 e. The fourth-order valence-electron chi connectivity index (χ4n) is 2.25. The van der Waals surface area contributed by atoms with Crippen molar-refractivity contribution in [3.05, 3.63) is 41.6 Å². The van der Waals surface area contributed by atoms with Gasteiger partial charge in [-0.2, -0.15) is 0 Å². The van der Waals surface area contributed by atoms with Gasteiger partial charge >= 0.3 is 0 Å². The Morgan fingerprint density at radius 1 is 1.20 bits per heavy atom. The normalized spacial score (nSPS) is 14.3. The molecule has 1 aliphatic rings. The monoisotopic (exact) mass is 289 g/mol. The van der Waals surface area contributed by atoms with Crippen LogP contribution < -0.4 is 4.90 Å². The SMILES string of the molecule is OCCN(c1cc(Cl)nc(-c2ccccc2)n1)C1CC1. The van der Waals surface area contributed by atoms with Crippen molar-refractivity contribution in [1.82, 2.24) is 9.97 Å². The lowest BCUT2D eigenvalue weighted by molar-refractivity contribution is 0.301. The number of halogens is 1. The van der Waals surface area contributed by atoms with Crippen LogP contribution in [-0.4, -0.2) is 34.3 Å². The van der Waals surface area contributed by atoms with Crippen LogP contribution in [-0.2, 0) is 0 Å². The number of nitrogens with zero attached hydrogens (tertiary/aromatic N) is 3. The summed E-state index contributed by atoms with van der Waals surface area (Å²) in [6.45, 7) is 0.686. The van der Waals surface area contributed by atoms with Gasteiger partial charge in [-0.1, -0.05) is 41.9 Å². The number of benzene rings is 1. The topological polar surface area (TPSA) is 49.2 Å². The second kappa shape index (κ2) is 5.77. The predicted octanol–water partition coefficient (Wildman–Crippen LogP) is 2.76. The highest BCUT2D eigenvalue weighted by atomic mass is 35.5. The molecule has 0 unspecified atom stereocenters. The second-order valence-electron chi connectivity index (χ2n) is 4.89. The summed E-state index contributed by atoms with van der Waals surface area (Å²) < 4.78 is 0. The average Bonchev–Trinajstić information content (AvgIpc) is 3.29. The van der Waals surface area contributed by atoms with Crippen LogP contribution in [0.1, 0.15) is 12.8 Å². The molecule has 3 rings (SSSR count). The van der Waals surface area contributed by atoms with Crippen LogP contribution in [0.15, 0.2) is 36.4 Å². The summed E-state index contributed by atoms with van der Waals surface area (Å²) in [5, 5.41) is 9.64. The average molecular weight is 290 g/mol. The maximum Gasteiger partial charge on any atom is 0.163 e. The molecule has 20 heavy (non-hydrogen) atoms. The molecule has 1 N–H and O–H groups in total. The van der Waals surface area contributed by atoms with Crippen LogP contribution in [0, 0.1) is 0 Å². The molecule has 1 fully saturated rings. The Morgan fingerprint density at radius 2 is 1.95 bits per heavy atom. The van der Waals surface area contributed by atoms with Crippen molar-refractivity contribution in [2.45, 2.75) is 18.9 Å². The molecule has 0 atom stereocenters. The summed E-state index contributed by atoms with van der Waals surface area (Å²) in [5.74, 6) is 1.41. The summed E-state index contributed by atoms with van der Waals surface area (Å²) in [4.78, 5) is 11.0. The van der Waals surface area contributed by atoms with Crippen molar-refractivity contribution in [1.29, 1.82) is 0 Å². The van der Waals surface area contributed by atoms with Gasteiger partial charge in [0.25, 0.3) is 0 Å². The lowest BCUT2D eigenvalue weighted by atomic mass is 10.2. The van der Waals surface area contributed by atoms with Crippen molar-refractivity contribution < 1.29 is 5.11 Å². The van der Waals surface area contributed by atoms with E-state index in [0.717, 1.165) is 24.2 Å². The van der Waals surface area contributed by atoms with Gasteiger partial charge in [0.05, 0.1) is 6.61 Å². The Bertz CT molecular complexity index is 587.